The predicted octanol–water partition coefficient (Wildman–Crippen LogP) is 2.07. The Labute approximate surface area is 87.5 Å². The number of anilines is 1. The van der Waals surface area contributed by atoms with Crippen LogP contribution in [0.4, 0.5) is 10.5 Å². The van der Waals surface area contributed by atoms with Crippen LogP contribution in [0.15, 0.2) is 36.5 Å². The van der Waals surface area contributed by atoms with Gasteiger partial charge in [-0.3, -0.25) is 0 Å². The molecule has 1 aromatic heterocycles. The third-order valence-electron chi connectivity index (χ3n) is 2.05. The van der Waals surface area contributed by atoms with Gasteiger partial charge in [-0.2, -0.15) is 9.78 Å². The number of carbonyl (C=O) groups is 1. The molecular formula is C11H10N3O. The molecule has 4 nitrogen and oxygen atoms in total. The number of benzene rings is 1. The van der Waals surface area contributed by atoms with Crippen molar-refractivity contribution >= 4 is 11.7 Å². The maximum atomic E-state index is 11.6. The Hall–Kier alpha value is -2.10. The van der Waals surface area contributed by atoms with Crippen LogP contribution in [0.5, 0.6) is 0 Å². The zero-order valence-electron chi connectivity index (χ0n) is 8.27. The smallest absolute Gasteiger partial charge is 0.306 e. The van der Waals surface area contributed by atoms with Crippen molar-refractivity contribution in [2.45, 2.75) is 6.92 Å². The molecule has 1 aromatic carbocycles. The van der Waals surface area contributed by atoms with E-state index in [9.17, 15) is 4.79 Å². The lowest BCUT2D eigenvalue weighted by Crippen LogP contribution is -2.20. The SMILES string of the molecule is Cc1ccccc1NC(=O)n1cc[c]n1. The first-order valence-electron chi connectivity index (χ1n) is 4.56. The highest BCUT2D eigenvalue weighted by Crippen LogP contribution is 2.12. The summed E-state index contributed by atoms with van der Waals surface area (Å²) in [6.45, 7) is 1.94. The second-order valence-corrected chi connectivity index (χ2v) is 3.13. The Kier molecular flexibility index (Phi) is 2.49. The quantitative estimate of drug-likeness (QED) is 0.766. The van der Waals surface area contributed by atoms with Gasteiger partial charge in [0.15, 0.2) is 0 Å². The fourth-order valence-electron chi connectivity index (χ4n) is 1.23. The second kappa shape index (κ2) is 3.96. The van der Waals surface area contributed by atoms with Gasteiger partial charge in [0.2, 0.25) is 0 Å². The summed E-state index contributed by atoms with van der Waals surface area (Å²) in [6, 6.07) is 8.87. The van der Waals surface area contributed by atoms with Gasteiger partial charge in [-0.05, 0) is 24.6 Å². The van der Waals surface area contributed by atoms with Crippen molar-refractivity contribution in [2.75, 3.05) is 5.32 Å². The number of hydrogen-bond acceptors (Lipinski definition) is 2. The molecule has 0 atom stereocenters. The summed E-state index contributed by atoms with van der Waals surface area (Å²) >= 11 is 0. The van der Waals surface area contributed by atoms with Crippen LogP contribution in [0.1, 0.15) is 5.56 Å². The van der Waals surface area contributed by atoms with Gasteiger partial charge in [-0.15, -0.1) is 0 Å². The molecule has 0 aliphatic carbocycles. The van der Waals surface area contributed by atoms with Crippen LogP contribution in [-0.2, 0) is 0 Å². The Balaban J connectivity index is 2.17. The summed E-state index contributed by atoms with van der Waals surface area (Å²) in [7, 11) is 0. The Morgan fingerprint density at radius 2 is 2.27 bits per heavy atom. The highest BCUT2D eigenvalue weighted by Gasteiger charge is 2.05. The highest BCUT2D eigenvalue weighted by molar-refractivity contribution is 5.91. The monoisotopic (exact) mass is 200 g/mol. The summed E-state index contributed by atoms with van der Waals surface area (Å²) in [4.78, 5) is 11.6. The number of nitrogens with zero attached hydrogens (tertiary/aromatic N) is 2. The predicted molar refractivity (Wildman–Crippen MR) is 56.7 cm³/mol. The molecule has 0 spiro atoms. The summed E-state index contributed by atoms with van der Waals surface area (Å²) in [6.07, 6.45) is 4.11. The average molecular weight is 200 g/mol. The fraction of sp³-hybridized carbons (Fsp3) is 0.0909. The van der Waals surface area contributed by atoms with Gasteiger partial charge < -0.3 is 5.32 Å². The van der Waals surface area contributed by atoms with Gasteiger partial charge in [0.25, 0.3) is 0 Å². The van der Waals surface area contributed by atoms with E-state index < -0.39 is 0 Å². The van der Waals surface area contributed by atoms with Crippen molar-refractivity contribution in [3.8, 4) is 0 Å². The van der Waals surface area contributed by atoms with Crippen molar-refractivity contribution in [3.63, 3.8) is 0 Å². The summed E-state index contributed by atoms with van der Waals surface area (Å²) < 4.78 is 1.20. The van der Waals surface area contributed by atoms with Crippen LogP contribution in [0.2, 0.25) is 0 Å². The summed E-state index contributed by atoms with van der Waals surface area (Å²) in [5.41, 5.74) is 1.81. The molecule has 0 saturated carbocycles. The molecule has 0 bridgehead atoms. The van der Waals surface area contributed by atoms with Gasteiger partial charge in [0.05, 0.1) is 0 Å². The van der Waals surface area contributed by atoms with E-state index in [4.69, 9.17) is 0 Å². The van der Waals surface area contributed by atoms with E-state index in [0.29, 0.717) is 0 Å². The van der Waals surface area contributed by atoms with Gasteiger partial charge in [0, 0.05) is 11.9 Å². The molecule has 0 aliphatic rings. The van der Waals surface area contributed by atoms with Crippen molar-refractivity contribution in [3.05, 3.63) is 48.3 Å². The molecule has 4 heteroatoms. The zero-order valence-corrected chi connectivity index (χ0v) is 8.27. The zero-order chi connectivity index (χ0) is 10.7. The molecule has 1 amide bonds. The Bertz CT molecular complexity index is 462. The van der Waals surface area contributed by atoms with Crippen LogP contribution in [0, 0.1) is 13.1 Å². The van der Waals surface area contributed by atoms with Crippen molar-refractivity contribution in [2.24, 2.45) is 0 Å². The van der Waals surface area contributed by atoms with Gasteiger partial charge in [0.1, 0.15) is 6.20 Å². The van der Waals surface area contributed by atoms with E-state index in [1.165, 1.54) is 4.68 Å². The minimum absolute atomic E-state index is 0.287. The molecule has 0 saturated heterocycles. The molecule has 75 valence electrons. The van der Waals surface area contributed by atoms with Gasteiger partial charge in [-0.25, -0.2) is 4.79 Å². The second-order valence-electron chi connectivity index (χ2n) is 3.13. The number of nitrogens with one attached hydrogen (secondary N) is 1. The van der Waals surface area contributed by atoms with E-state index >= 15 is 0 Å². The van der Waals surface area contributed by atoms with Crippen LogP contribution in [0.25, 0.3) is 0 Å². The lowest BCUT2D eigenvalue weighted by Gasteiger charge is -2.06. The standard InChI is InChI=1S/C11H10N3O/c1-9-5-2-3-6-10(9)13-11(15)14-8-4-7-12-14/h2-6,8H,1H3,(H,13,15). The van der Waals surface area contributed by atoms with Crippen LogP contribution in [0.3, 0.4) is 0 Å². The lowest BCUT2D eigenvalue weighted by molar-refractivity contribution is 0.251. The van der Waals surface area contributed by atoms with Crippen molar-refractivity contribution < 1.29 is 4.79 Å². The molecule has 1 heterocycles. The number of carbonyl (C=O) groups excluding carboxylic acids is 1. The third kappa shape index (κ3) is 2.04. The molecule has 0 fully saturated rings. The van der Waals surface area contributed by atoms with E-state index in [0.717, 1.165) is 11.3 Å². The minimum atomic E-state index is -0.287. The molecule has 0 unspecified atom stereocenters. The lowest BCUT2D eigenvalue weighted by atomic mass is 10.2. The summed E-state index contributed by atoms with van der Waals surface area (Å²) in [5.74, 6) is 0. The van der Waals surface area contributed by atoms with Gasteiger partial charge >= 0.3 is 6.03 Å². The van der Waals surface area contributed by atoms with Crippen molar-refractivity contribution in [1.82, 2.24) is 9.78 Å². The number of amides is 1. The van der Waals surface area contributed by atoms with Crippen molar-refractivity contribution in [1.29, 1.82) is 0 Å². The molecule has 15 heavy (non-hydrogen) atoms. The molecule has 2 rings (SSSR count). The first-order valence-corrected chi connectivity index (χ1v) is 4.56. The normalized spacial score (nSPS) is 9.93. The maximum Gasteiger partial charge on any atom is 0.346 e. The first-order chi connectivity index (χ1) is 7.27. The third-order valence-corrected chi connectivity index (χ3v) is 2.05. The van der Waals surface area contributed by atoms with E-state index in [1.54, 1.807) is 12.3 Å². The van der Waals surface area contributed by atoms with Crippen LogP contribution < -0.4 is 5.32 Å². The summed E-state index contributed by atoms with van der Waals surface area (Å²) in [5, 5.41) is 6.48. The minimum Gasteiger partial charge on any atom is -0.306 e. The van der Waals surface area contributed by atoms with Crippen LogP contribution >= 0.6 is 0 Å². The number of hydrogen-bond donors (Lipinski definition) is 1. The number of aryl methyl sites for hydroxylation is 1. The van der Waals surface area contributed by atoms with E-state index in [-0.39, 0.29) is 6.03 Å². The number of para-hydroxylation sites is 1. The highest BCUT2D eigenvalue weighted by atomic mass is 16.2. The first kappa shape index (κ1) is 9.45. The molecule has 2 aromatic rings. The maximum absolute atomic E-state index is 11.6. The van der Waals surface area contributed by atoms with Gasteiger partial charge in [-0.1, -0.05) is 18.2 Å². The topological polar surface area (TPSA) is 46.9 Å². The van der Waals surface area contributed by atoms with Crippen LogP contribution in [-0.4, -0.2) is 15.8 Å². The number of rotatable bonds is 1. The molecule has 1 N–H and O–H groups in total. The average Bonchev–Trinajstić information content (AvgIpc) is 2.74. The Morgan fingerprint density at radius 1 is 1.47 bits per heavy atom. The molecule has 1 radical (unpaired) electrons. The Morgan fingerprint density at radius 3 is 2.93 bits per heavy atom. The van der Waals surface area contributed by atoms with E-state index in [1.807, 2.05) is 31.2 Å². The largest absolute Gasteiger partial charge is 0.346 e. The van der Waals surface area contributed by atoms with E-state index in [2.05, 4.69) is 16.6 Å². The fourth-order valence-corrected chi connectivity index (χ4v) is 1.23. The number of aromatic nitrogens is 2. The molecular weight excluding hydrogens is 190 g/mol. The molecule has 0 aliphatic heterocycles.